The van der Waals surface area contributed by atoms with Crippen LogP contribution in [-0.4, -0.2) is 33.7 Å². The molecule has 0 atom stereocenters. The zero-order chi connectivity index (χ0) is 33.0. The minimum atomic E-state index is -3.01. The molecule has 1 saturated carbocycles. The van der Waals surface area contributed by atoms with Gasteiger partial charge in [-0.3, -0.25) is 0 Å². The van der Waals surface area contributed by atoms with Gasteiger partial charge in [-0.2, -0.15) is 0 Å². The van der Waals surface area contributed by atoms with Gasteiger partial charge in [0, 0.05) is 32.0 Å². The standard InChI is InChI=1S/C36H56O4S3/c1-32(2,3)26-19-23(20-27(30(26)37)33(4,5)6)41-36(12,13)42-24-21-28(34(7,8)9)31(38)29(22-24)35(10,11)17-14-18-43(39,40)25-15-16-25/h19-22,25,37-38H,14-18H2,1-13H3. The summed E-state index contributed by atoms with van der Waals surface area (Å²) in [4.78, 5) is 2.21. The molecule has 0 unspecified atom stereocenters. The molecule has 1 fully saturated rings. The quantitative estimate of drug-likeness (QED) is 0.197. The van der Waals surface area contributed by atoms with Crippen LogP contribution in [0.25, 0.3) is 0 Å². The fraction of sp³-hybridized carbons (Fsp3) is 0.667. The molecule has 2 aromatic carbocycles. The van der Waals surface area contributed by atoms with E-state index in [2.05, 4.69) is 114 Å². The summed E-state index contributed by atoms with van der Waals surface area (Å²) in [6, 6.07) is 8.51. The Kier molecular flexibility index (Phi) is 10.2. The molecule has 1 aliphatic carbocycles. The summed E-state index contributed by atoms with van der Waals surface area (Å²) in [7, 11) is -3.01. The van der Waals surface area contributed by atoms with Crippen LogP contribution in [0.15, 0.2) is 34.1 Å². The normalized spacial score (nSPS) is 15.7. The Labute approximate surface area is 271 Å². The molecular weight excluding hydrogens is 593 g/mol. The van der Waals surface area contributed by atoms with Crippen molar-refractivity contribution in [1.82, 2.24) is 0 Å². The molecule has 4 nitrogen and oxygen atoms in total. The van der Waals surface area contributed by atoms with E-state index in [9.17, 15) is 18.6 Å². The second-order valence-corrected chi connectivity index (χ2v) is 22.7. The second kappa shape index (κ2) is 12.1. The van der Waals surface area contributed by atoms with E-state index < -0.39 is 15.3 Å². The zero-order valence-corrected chi connectivity index (χ0v) is 31.3. The van der Waals surface area contributed by atoms with Crippen molar-refractivity contribution in [1.29, 1.82) is 0 Å². The molecule has 0 radical (unpaired) electrons. The summed E-state index contributed by atoms with van der Waals surface area (Å²) in [5.74, 6) is 0.923. The number of sulfone groups is 1. The van der Waals surface area contributed by atoms with Crippen molar-refractivity contribution in [3.63, 3.8) is 0 Å². The number of phenols is 2. The van der Waals surface area contributed by atoms with Gasteiger partial charge in [0.15, 0.2) is 9.84 Å². The van der Waals surface area contributed by atoms with Crippen LogP contribution in [0.1, 0.15) is 138 Å². The Bertz CT molecular complexity index is 1390. The molecule has 0 spiro atoms. The molecule has 0 amide bonds. The van der Waals surface area contributed by atoms with Gasteiger partial charge in [0.1, 0.15) is 11.5 Å². The topological polar surface area (TPSA) is 74.6 Å². The molecule has 7 heteroatoms. The Morgan fingerprint density at radius 3 is 1.35 bits per heavy atom. The molecule has 242 valence electrons. The molecule has 0 aliphatic heterocycles. The van der Waals surface area contributed by atoms with Crippen molar-refractivity contribution in [2.75, 3.05) is 5.75 Å². The molecule has 3 rings (SSSR count). The highest BCUT2D eigenvalue weighted by Crippen LogP contribution is 2.51. The van der Waals surface area contributed by atoms with Crippen molar-refractivity contribution in [3.8, 4) is 11.5 Å². The molecule has 43 heavy (non-hydrogen) atoms. The van der Waals surface area contributed by atoms with E-state index in [4.69, 9.17) is 0 Å². The van der Waals surface area contributed by atoms with Crippen LogP contribution in [0.5, 0.6) is 11.5 Å². The third kappa shape index (κ3) is 9.13. The lowest BCUT2D eigenvalue weighted by atomic mass is 9.76. The van der Waals surface area contributed by atoms with Crippen LogP contribution >= 0.6 is 23.5 Å². The van der Waals surface area contributed by atoms with E-state index in [0.717, 1.165) is 44.9 Å². The Morgan fingerprint density at radius 1 is 0.651 bits per heavy atom. The van der Waals surface area contributed by atoms with Crippen molar-refractivity contribution in [2.24, 2.45) is 0 Å². The van der Waals surface area contributed by atoms with Crippen molar-refractivity contribution in [2.45, 2.75) is 156 Å². The first-order chi connectivity index (χ1) is 19.2. The van der Waals surface area contributed by atoms with E-state index in [1.807, 2.05) is 0 Å². The first-order valence-corrected chi connectivity index (χ1v) is 18.9. The van der Waals surface area contributed by atoms with Crippen LogP contribution in [0.3, 0.4) is 0 Å². The first kappa shape index (κ1) is 36.2. The van der Waals surface area contributed by atoms with Gasteiger partial charge in [-0.15, -0.1) is 23.5 Å². The minimum absolute atomic E-state index is 0.136. The summed E-state index contributed by atoms with van der Waals surface area (Å²) in [5.41, 5.74) is 2.63. The lowest BCUT2D eigenvalue weighted by molar-refractivity contribution is 0.401. The summed E-state index contributed by atoms with van der Waals surface area (Å²) in [6.45, 7) is 27.9. The maximum atomic E-state index is 12.5. The van der Waals surface area contributed by atoms with Gasteiger partial charge in [-0.1, -0.05) is 76.2 Å². The lowest BCUT2D eigenvalue weighted by Gasteiger charge is -2.32. The summed E-state index contributed by atoms with van der Waals surface area (Å²) >= 11 is 3.56. The Hall–Kier alpha value is -1.31. The number of hydrogen-bond acceptors (Lipinski definition) is 6. The monoisotopic (exact) mass is 648 g/mol. The number of phenolic OH excluding ortho intramolecular Hbond substituents is 2. The summed E-state index contributed by atoms with van der Waals surface area (Å²) < 4.78 is 24.8. The van der Waals surface area contributed by atoms with E-state index in [1.165, 1.54) is 0 Å². The number of thioether (sulfide) groups is 2. The zero-order valence-electron chi connectivity index (χ0n) is 28.9. The van der Waals surface area contributed by atoms with Crippen LogP contribution in [0, 0.1) is 0 Å². The first-order valence-electron chi connectivity index (χ1n) is 15.6. The third-order valence-electron chi connectivity index (χ3n) is 8.31. The second-order valence-electron chi connectivity index (χ2n) is 16.6. The summed E-state index contributed by atoms with van der Waals surface area (Å²) in [6.07, 6.45) is 2.87. The van der Waals surface area contributed by atoms with Gasteiger partial charge < -0.3 is 10.2 Å². The molecule has 0 bridgehead atoms. The lowest BCUT2D eigenvalue weighted by Crippen LogP contribution is -2.22. The average Bonchev–Trinajstić information content (AvgIpc) is 3.64. The highest BCUT2D eigenvalue weighted by molar-refractivity contribution is 8.18. The van der Waals surface area contributed by atoms with Crippen LogP contribution < -0.4 is 0 Å². The van der Waals surface area contributed by atoms with E-state index in [-0.39, 0.29) is 31.3 Å². The van der Waals surface area contributed by atoms with Gasteiger partial charge in [-0.25, -0.2) is 8.42 Å². The number of rotatable bonds is 10. The SMILES string of the molecule is CC(C)(Sc1cc(C(C)(C)C)c(O)c(C(C)(C)C)c1)Sc1cc(C(C)(C)C)c(O)c(C(C)(C)CCCS(=O)(=O)C2CC2)c1. The van der Waals surface area contributed by atoms with Crippen LogP contribution in [-0.2, 0) is 31.5 Å². The molecule has 2 N–H and O–H groups in total. The van der Waals surface area contributed by atoms with Gasteiger partial charge in [0.2, 0.25) is 0 Å². The maximum Gasteiger partial charge on any atom is 0.153 e. The highest BCUT2D eigenvalue weighted by Gasteiger charge is 2.36. The Morgan fingerprint density at radius 2 is 1.00 bits per heavy atom. The van der Waals surface area contributed by atoms with E-state index in [0.29, 0.717) is 24.3 Å². The Balaban J connectivity index is 1.98. The van der Waals surface area contributed by atoms with Gasteiger partial charge >= 0.3 is 0 Å². The number of hydrogen-bond donors (Lipinski definition) is 2. The fourth-order valence-electron chi connectivity index (χ4n) is 5.60. The van der Waals surface area contributed by atoms with Crippen LogP contribution in [0.2, 0.25) is 0 Å². The van der Waals surface area contributed by atoms with Gasteiger partial charge in [0.05, 0.1) is 15.1 Å². The van der Waals surface area contributed by atoms with Gasteiger partial charge in [0.25, 0.3) is 0 Å². The smallest absolute Gasteiger partial charge is 0.153 e. The van der Waals surface area contributed by atoms with E-state index >= 15 is 0 Å². The predicted octanol–water partition coefficient (Wildman–Crippen LogP) is 10.2. The van der Waals surface area contributed by atoms with Crippen LogP contribution in [0.4, 0.5) is 0 Å². The fourth-order valence-corrected chi connectivity index (χ4v) is 9.92. The van der Waals surface area contributed by atoms with Crippen molar-refractivity contribution < 1.29 is 18.6 Å². The minimum Gasteiger partial charge on any atom is -0.507 e. The molecule has 2 aromatic rings. The van der Waals surface area contributed by atoms with Gasteiger partial charge in [-0.05, 0) is 85.5 Å². The maximum absolute atomic E-state index is 12.5. The largest absolute Gasteiger partial charge is 0.507 e. The predicted molar refractivity (Wildman–Crippen MR) is 187 cm³/mol. The molecular formula is C36H56O4S3. The highest BCUT2D eigenvalue weighted by atomic mass is 32.2. The van der Waals surface area contributed by atoms with E-state index in [1.54, 1.807) is 23.5 Å². The number of aromatic hydroxyl groups is 2. The average molecular weight is 649 g/mol. The van der Waals surface area contributed by atoms with Crippen molar-refractivity contribution in [3.05, 3.63) is 46.5 Å². The molecule has 0 saturated heterocycles. The van der Waals surface area contributed by atoms with Crippen molar-refractivity contribution >= 4 is 33.4 Å². The molecule has 0 aromatic heterocycles. The third-order valence-corrected chi connectivity index (χ3v) is 13.1. The number of benzene rings is 2. The molecule has 0 heterocycles. The summed E-state index contributed by atoms with van der Waals surface area (Å²) in [5, 5.41) is 22.6. The molecule has 1 aliphatic rings.